The molecule has 0 fully saturated rings. The van der Waals surface area contributed by atoms with Crippen LogP contribution in [0.5, 0.6) is 0 Å². The summed E-state index contributed by atoms with van der Waals surface area (Å²) in [5.41, 5.74) is 5.33. The number of nitrogens with two attached hydrogens (primary N) is 1. The first kappa shape index (κ1) is 23.3. The molecular weight excluding hydrogens is 349 g/mol. The molecule has 2 unspecified atom stereocenters. The Morgan fingerprint density at radius 1 is 1.32 bits per heavy atom. The Morgan fingerprint density at radius 2 is 1.92 bits per heavy atom. The van der Waals surface area contributed by atoms with Gasteiger partial charge in [0.25, 0.3) is 0 Å². The van der Waals surface area contributed by atoms with Gasteiger partial charge in [0.1, 0.15) is 12.1 Å². The van der Waals surface area contributed by atoms with Gasteiger partial charge in [-0.2, -0.15) is 0 Å². The molecule has 0 aromatic heterocycles. The SMILES string of the molecule is C=CCP(=O)(O)CNC(=O)[C@H](CC(C)C)NC(=O)CCC(N)C(=O)O. The van der Waals surface area contributed by atoms with Crippen molar-refractivity contribution < 1.29 is 28.9 Å². The molecule has 144 valence electrons. The standard InChI is InChI=1S/C15H28N3O6P/c1-4-7-25(23,24)9-17-14(20)12(8-10(2)3)18-13(19)6-5-11(16)15(21)22/h4,10-12H,1,5-9,16H2,2-3H3,(H,17,20)(H,18,19)(H,21,22)(H,23,24)/t11?,12-/m0/s1. The summed E-state index contributed by atoms with van der Waals surface area (Å²) in [5.74, 6) is -2.18. The Balaban J connectivity index is 4.69. The van der Waals surface area contributed by atoms with Crippen LogP contribution in [0.4, 0.5) is 0 Å². The zero-order valence-electron chi connectivity index (χ0n) is 14.6. The van der Waals surface area contributed by atoms with Crippen molar-refractivity contribution in [3.63, 3.8) is 0 Å². The van der Waals surface area contributed by atoms with Crippen LogP contribution in [0.25, 0.3) is 0 Å². The van der Waals surface area contributed by atoms with Crippen LogP contribution >= 0.6 is 7.37 Å². The molecule has 0 aliphatic rings. The van der Waals surface area contributed by atoms with E-state index in [9.17, 15) is 23.8 Å². The molecule has 6 N–H and O–H groups in total. The zero-order chi connectivity index (χ0) is 19.6. The van der Waals surface area contributed by atoms with Crippen LogP contribution in [0.2, 0.25) is 0 Å². The van der Waals surface area contributed by atoms with Crippen molar-refractivity contribution in [1.29, 1.82) is 0 Å². The number of hydrogen-bond acceptors (Lipinski definition) is 5. The van der Waals surface area contributed by atoms with E-state index in [1.807, 2.05) is 13.8 Å². The van der Waals surface area contributed by atoms with Crippen LogP contribution in [0.1, 0.15) is 33.1 Å². The van der Waals surface area contributed by atoms with Crippen molar-refractivity contribution >= 4 is 25.2 Å². The second-order valence-corrected chi connectivity index (χ2v) is 8.62. The van der Waals surface area contributed by atoms with Gasteiger partial charge < -0.3 is 26.4 Å². The minimum Gasteiger partial charge on any atom is -0.480 e. The first-order valence-electron chi connectivity index (χ1n) is 7.95. The lowest BCUT2D eigenvalue weighted by molar-refractivity contribution is -0.139. The molecule has 10 heteroatoms. The van der Waals surface area contributed by atoms with Crippen molar-refractivity contribution in [1.82, 2.24) is 10.6 Å². The average molecular weight is 377 g/mol. The van der Waals surface area contributed by atoms with Gasteiger partial charge in [-0.1, -0.05) is 19.9 Å². The molecule has 0 saturated heterocycles. The highest BCUT2D eigenvalue weighted by Crippen LogP contribution is 2.38. The fourth-order valence-electron chi connectivity index (χ4n) is 1.97. The Labute approximate surface area is 147 Å². The van der Waals surface area contributed by atoms with E-state index in [1.54, 1.807) is 0 Å². The largest absolute Gasteiger partial charge is 0.480 e. The van der Waals surface area contributed by atoms with Crippen molar-refractivity contribution in [3.05, 3.63) is 12.7 Å². The predicted octanol–water partition coefficient (Wildman–Crippen LogP) is 0.240. The highest BCUT2D eigenvalue weighted by molar-refractivity contribution is 7.58. The van der Waals surface area contributed by atoms with Gasteiger partial charge in [0.2, 0.25) is 19.2 Å². The lowest BCUT2D eigenvalue weighted by atomic mass is 10.0. The summed E-state index contributed by atoms with van der Waals surface area (Å²) in [7, 11) is -3.54. The second-order valence-electron chi connectivity index (χ2n) is 6.25. The number of carboxylic acid groups (broad SMARTS) is 1. The van der Waals surface area contributed by atoms with Crippen molar-refractivity contribution in [3.8, 4) is 0 Å². The topological polar surface area (TPSA) is 159 Å². The maximum Gasteiger partial charge on any atom is 0.320 e. The number of amides is 2. The summed E-state index contributed by atoms with van der Waals surface area (Å²) in [6.45, 7) is 7.10. The molecule has 0 aromatic rings. The van der Waals surface area contributed by atoms with Gasteiger partial charge in [-0.05, 0) is 18.8 Å². The molecule has 25 heavy (non-hydrogen) atoms. The molecule has 0 radical (unpaired) electrons. The third kappa shape index (κ3) is 10.7. The molecule has 9 nitrogen and oxygen atoms in total. The number of nitrogens with one attached hydrogen (secondary N) is 2. The number of rotatable bonds is 12. The minimum atomic E-state index is -3.54. The van der Waals surface area contributed by atoms with E-state index in [0.29, 0.717) is 6.42 Å². The zero-order valence-corrected chi connectivity index (χ0v) is 15.5. The fraction of sp³-hybridized carbons (Fsp3) is 0.667. The van der Waals surface area contributed by atoms with Gasteiger partial charge in [0, 0.05) is 12.6 Å². The first-order valence-corrected chi connectivity index (χ1v) is 9.98. The van der Waals surface area contributed by atoms with E-state index in [-0.39, 0.29) is 24.9 Å². The van der Waals surface area contributed by atoms with Crippen LogP contribution < -0.4 is 16.4 Å². The molecule has 3 atom stereocenters. The van der Waals surface area contributed by atoms with E-state index in [2.05, 4.69) is 17.2 Å². The lowest BCUT2D eigenvalue weighted by Crippen LogP contribution is -2.48. The maximum atomic E-state index is 12.2. The Morgan fingerprint density at radius 3 is 2.40 bits per heavy atom. The number of allylic oxidation sites excluding steroid dienone is 1. The monoisotopic (exact) mass is 377 g/mol. The number of hydrogen-bond donors (Lipinski definition) is 5. The van der Waals surface area contributed by atoms with Crippen molar-refractivity contribution in [2.75, 3.05) is 12.4 Å². The molecular formula is C15H28N3O6P. The van der Waals surface area contributed by atoms with Gasteiger partial charge in [-0.15, -0.1) is 6.58 Å². The summed E-state index contributed by atoms with van der Waals surface area (Å²) in [6.07, 6.45) is 0.909. The number of carbonyl (C=O) groups is 3. The number of aliphatic carboxylic acids is 1. The molecule has 0 bridgehead atoms. The van der Waals surface area contributed by atoms with E-state index in [4.69, 9.17) is 10.8 Å². The predicted molar refractivity (Wildman–Crippen MR) is 94.1 cm³/mol. The molecule has 0 heterocycles. The summed E-state index contributed by atoms with van der Waals surface area (Å²) in [4.78, 5) is 44.4. The third-order valence-corrected chi connectivity index (χ3v) is 4.75. The highest BCUT2D eigenvalue weighted by Gasteiger charge is 2.25. The van der Waals surface area contributed by atoms with Gasteiger partial charge in [-0.3, -0.25) is 18.9 Å². The summed E-state index contributed by atoms with van der Waals surface area (Å²) >= 11 is 0. The van der Waals surface area contributed by atoms with E-state index < -0.39 is 43.5 Å². The Kier molecular flexibility index (Phi) is 10.3. The van der Waals surface area contributed by atoms with E-state index in [1.165, 1.54) is 6.08 Å². The Bertz CT molecular complexity index is 537. The van der Waals surface area contributed by atoms with Crippen LogP contribution in [0, 0.1) is 5.92 Å². The molecule has 0 rings (SSSR count). The van der Waals surface area contributed by atoms with Crippen LogP contribution in [-0.4, -0.2) is 52.3 Å². The molecule has 0 aliphatic heterocycles. The lowest BCUT2D eigenvalue weighted by Gasteiger charge is -2.21. The average Bonchev–Trinajstić information content (AvgIpc) is 2.49. The smallest absolute Gasteiger partial charge is 0.320 e. The summed E-state index contributed by atoms with van der Waals surface area (Å²) in [5, 5.41) is 13.6. The van der Waals surface area contributed by atoms with Crippen molar-refractivity contribution in [2.24, 2.45) is 11.7 Å². The quantitative estimate of drug-likeness (QED) is 0.241. The Hall–Kier alpha value is -1.70. The number of carbonyl (C=O) groups excluding carboxylic acids is 2. The van der Waals surface area contributed by atoms with Crippen molar-refractivity contribution in [2.45, 2.75) is 45.2 Å². The van der Waals surface area contributed by atoms with Gasteiger partial charge in [-0.25, -0.2) is 0 Å². The fourth-order valence-corrected chi connectivity index (χ4v) is 2.91. The summed E-state index contributed by atoms with van der Waals surface area (Å²) in [6, 6.07) is -2.03. The number of carboxylic acids is 1. The highest BCUT2D eigenvalue weighted by atomic mass is 31.2. The van der Waals surface area contributed by atoms with Crippen LogP contribution in [0.15, 0.2) is 12.7 Å². The molecule has 0 saturated carbocycles. The van der Waals surface area contributed by atoms with Gasteiger partial charge in [0.05, 0.1) is 6.29 Å². The minimum absolute atomic E-state index is 0.0532. The molecule has 0 spiro atoms. The molecule has 0 aliphatic carbocycles. The van der Waals surface area contributed by atoms with Crippen LogP contribution in [-0.2, 0) is 18.9 Å². The summed E-state index contributed by atoms with van der Waals surface area (Å²) < 4.78 is 11.7. The molecule has 0 aromatic carbocycles. The maximum absolute atomic E-state index is 12.2. The first-order chi connectivity index (χ1) is 11.5. The second kappa shape index (κ2) is 11.0. The molecule has 2 amide bonds. The van der Waals surface area contributed by atoms with Gasteiger partial charge in [0.15, 0.2) is 0 Å². The normalized spacial score (nSPS) is 15.7. The van der Waals surface area contributed by atoms with Gasteiger partial charge >= 0.3 is 5.97 Å². The van der Waals surface area contributed by atoms with E-state index in [0.717, 1.165) is 0 Å². The van der Waals surface area contributed by atoms with E-state index >= 15 is 0 Å². The third-order valence-electron chi connectivity index (χ3n) is 3.27. The van der Waals surface area contributed by atoms with Crippen LogP contribution in [0.3, 0.4) is 0 Å².